The molecular weight excluding hydrogens is 344 g/mol. The van der Waals surface area contributed by atoms with Crippen molar-refractivity contribution in [1.29, 1.82) is 0 Å². The minimum atomic E-state index is -1.06. The second-order valence-corrected chi connectivity index (χ2v) is 5.87. The molecule has 25 heavy (non-hydrogen) atoms. The van der Waals surface area contributed by atoms with Gasteiger partial charge in [-0.2, -0.15) is 0 Å². The Balaban J connectivity index is 1.95. The maximum Gasteiger partial charge on any atom is 0.341 e. The number of ketones is 1. The molecule has 0 aliphatic carbocycles. The highest BCUT2D eigenvalue weighted by Crippen LogP contribution is 2.31. The van der Waals surface area contributed by atoms with Crippen LogP contribution in [0.25, 0.3) is 11.0 Å². The smallest absolute Gasteiger partial charge is 0.341 e. The fourth-order valence-electron chi connectivity index (χ4n) is 2.61. The summed E-state index contributed by atoms with van der Waals surface area (Å²) >= 11 is 5.99. The number of fused-ring (bicyclic) bond motifs is 1. The maximum atomic E-state index is 12.9. The van der Waals surface area contributed by atoms with Crippen molar-refractivity contribution in [2.24, 2.45) is 0 Å². The van der Waals surface area contributed by atoms with Gasteiger partial charge < -0.3 is 14.3 Å². The van der Waals surface area contributed by atoms with Gasteiger partial charge in [0.2, 0.25) is 0 Å². The van der Waals surface area contributed by atoms with Crippen molar-refractivity contribution in [3.63, 3.8) is 0 Å². The molecule has 6 heteroatoms. The number of halogens is 1. The minimum Gasteiger partial charge on any atom is -0.482 e. The van der Waals surface area contributed by atoms with Gasteiger partial charge in [-0.05, 0) is 36.4 Å². The number of aryl methyl sites for hydroxylation is 1. The van der Waals surface area contributed by atoms with Crippen LogP contribution in [0.1, 0.15) is 28.6 Å². The number of carbonyl (C=O) groups excluding carboxylic acids is 1. The number of carboxylic acid groups (broad SMARTS) is 1. The van der Waals surface area contributed by atoms with E-state index in [2.05, 4.69) is 0 Å². The highest BCUT2D eigenvalue weighted by molar-refractivity contribution is 6.31. The van der Waals surface area contributed by atoms with Gasteiger partial charge in [0.25, 0.3) is 0 Å². The number of ether oxygens (including phenoxy) is 1. The molecule has 0 bridgehead atoms. The van der Waals surface area contributed by atoms with Crippen LogP contribution in [-0.2, 0) is 11.2 Å². The first kappa shape index (κ1) is 17.0. The molecule has 0 aliphatic heterocycles. The van der Waals surface area contributed by atoms with E-state index in [9.17, 15) is 9.59 Å². The number of benzene rings is 2. The van der Waals surface area contributed by atoms with E-state index in [-0.39, 0.29) is 5.78 Å². The topological polar surface area (TPSA) is 76.7 Å². The summed E-state index contributed by atoms with van der Waals surface area (Å²) in [6.45, 7) is 1.49. The molecule has 5 nitrogen and oxygen atoms in total. The molecule has 0 atom stereocenters. The number of rotatable bonds is 6. The molecule has 0 saturated heterocycles. The quantitative estimate of drug-likeness (QED) is 0.663. The van der Waals surface area contributed by atoms with Crippen LogP contribution in [0.3, 0.4) is 0 Å². The van der Waals surface area contributed by atoms with Crippen LogP contribution in [-0.4, -0.2) is 23.5 Å². The number of carboxylic acids is 1. The highest BCUT2D eigenvalue weighted by Gasteiger charge is 2.21. The van der Waals surface area contributed by atoms with Crippen molar-refractivity contribution in [3.8, 4) is 5.75 Å². The van der Waals surface area contributed by atoms with Gasteiger partial charge in [-0.25, -0.2) is 4.79 Å². The number of aliphatic carboxylic acids is 1. The molecule has 128 valence electrons. The summed E-state index contributed by atoms with van der Waals surface area (Å²) in [5.41, 5.74) is 1.57. The zero-order chi connectivity index (χ0) is 18.0. The lowest BCUT2D eigenvalue weighted by atomic mass is 9.99. The molecule has 3 aromatic rings. The van der Waals surface area contributed by atoms with Crippen molar-refractivity contribution in [1.82, 2.24) is 0 Å². The Morgan fingerprint density at radius 2 is 1.88 bits per heavy atom. The van der Waals surface area contributed by atoms with Crippen LogP contribution >= 0.6 is 11.6 Å². The fraction of sp³-hybridized carbons (Fsp3) is 0.158. The molecule has 0 fully saturated rings. The Bertz CT molecular complexity index is 940. The standard InChI is InChI=1S/C19H15ClO5/c1-2-15-18(14-8-5-12(20)9-16(14)25-15)19(23)11-3-6-13(7-4-11)24-10-17(21)22/h3-9H,2,10H2,1H3,(H,21,22). The third kappa shape index (κ3) is 3.51. The van der Waals surface area contributed by atoms with Gasteiger partial charge in [0.1, 0.15) is 17.1 Å². The number of furan rings is 1. The van der Waals surface area contributed by atoms with Crippen LogP contribution < -0.4 is 4.74 Å². The predicted octanol–water partition coefficient (Wildman–Crippen LogP) is 4.34. The van der Waals surface area contributed by atoms with Gasteiger partial charge in [0.15, 0.2) is 12.4 Å². The van der Waals surface area contributed by atoms with E-state index < -0.39 is 12.6 Å². The van der Waals surface area contributed by atoms with Crippen molar-refractivity contribution in [2.75, 3.05) is 6.61 Å². The SMILES string of the molecule is CCc1oc2cc(Cl)ccc2c1C(=O)c1ccc(OCC(=O)O)cc1. The van der Waals surface area contributed by atoms with Crippen molar-refractivity contribution in [2.45, 2.75) is 13.3 Å². The third-order valence-corrected chi connectivity index (χ3v) is 3.99. The summed E-state index contributed by atoms with van der Waals surface area (Å²) in [4.78, 5) is 23.5. The van der Waals surface area contributed by atoms with Gasteiger partial charge in [0.05, 0.1) is 5.56 Å². The second-order valence-electron chi connectivity index (χ2n) is 5.43. The first-order chi connectivity index (χ1) is 12.0. The molecular formula is C19H15ClO5. The van der Waals surface area contributed by atoms with E-state index in [1.807, 2.05) is 6.92 Å². The summed E-state index contributed by atoms with van der Waals surface area (Å²) < 4.78 is 10.8. The summed E-state index contributed by atoms with van der Waals surface area (Å²) in [6.07, 6.45) is 0.577. The van der Waals surface area contributed by atoms with Crippen LogP contribution in [0.4, 0.5) is 0 Å². The zero-order valence-corrected chi connectivity index (χ0v) is 14.2. The molecule has 0 spiro atoms. The monoisotopic (exact) mass is 358 g/mol. The van der Waals surface area contributed by atoms with Crippen LogP contribution in [0, 0.1) is 0 Å². The van der Waals surface area contributed by atoms with E-state index in [4.69, 9.17) is 25.9 Å². The Hall–Kier alpha value is -2.79. The van der Waals surface area contributed by atoms with Crippen molar-refractivity contribution >= 4 is 34.3 Å². The Morgan fingerprint density at radius 3 is 2.52 bits per heavy atom. The minimum absolute atomic E-state index is 0.164. The molecule has 0 radical (unpaired) electrons. The molecule has 3 rings (SSSR count). The lowest BCUT2D eigenvalue weighted by Gasteiger charge is -2.05. The number of carbonyl (C=O) groups is 2. The number of hydrogen-bond donors (Lipinski definition) is 1. The van der Waals surface area contributed by atoms with Gasteiger partial charge in [0, 0.05) is 28.5 Å². The van der Waals surface area contributed by atoms with Gasteiger partial charge >= 0.3 is 5.97 Å². The normalized spacial score (nSPS) is 10.8. The molecule has 0 aliphatic rings. The second kappa shape index (κ2) is 6.99. The molecule has 0 unspecified atom stereocenters. The molecule has 0 amide bonds. The maximum absolute atomic E-state index is 12.9. The van der Waals surface area contributed by atoms with Gasteiger partial charge in [-0.1, -0.05) is 18.5 Å². The molecule has 2 aromatic carbocycles. The van der Waals surface area contributed by atoms with E-state index in [0.717, 1.165) is 5.39 Å². The zero-order valence-electron chi connectivity index (χ0n) is 13.4. The van der Waals surface area contributed by atoms with Crippen molar-refractivity contribution in [3.05, 3.63) is 64.4 Å². The highest BCUT2D eigenvalue weighted by atomic mass is 35.5. The van der Waals surface area contributed by atoms with Crippen LogP contribution in [0.2, 0.25) is 5.02 Å². The summed E-state index contributed by atoms with van der Waals surface area (Å²) in [7, 11) is 0. The van der Waals surface area contributed by atoms with E-state index in [0.29, 0.717) is 39.7 Å². The summed E-state index contributed by atoms with van der Waals surface area (Å²) in [5, 5.41) is 9.89. The molecule has 1 N–H and O–H groups in total. The van der Waals surface area contributed by atoms with Gasteiger partial charge in [-0.3, -0.25) is 4.79 Å². The van der Waals surface area contributed by atoms with E-state index in [1.54, 1.807) is 42.5 Å². The van der Waals surface area contributed by atoms with Crippen molar-refractivity contribution < 1.29 is 23.8 Å². The summed E-state index contributed by atoms with van der Waals surface area (Å²) in [6, 6.07) is 11.5. The first-order valence-corrected chi connectivity index (χ1v) is 8.07. The molecule has 1 heterocycles. The summed E-state index contributed by atoms with van der Waals surface area (Å²) in [5.74, 6) is -0.231. The third-order valence-electron chi connectivity index (χ3n) is 3.75. The lowest BCUT2D eigenvalue weighted by Crippen LogP contribution is -2.09. The fourth-order valence-corrected chi connectivity index (χ4v) is 2.77. The Morgan fingerprint density at radius 1 is 1.16 bits per heavy atom. The Kier molecular flexibility index (Phi) is 4.76. The first-order valence-electron chi connectivity index (χ1n) is 7.70. The van der Waals surface area contributed by atoms with Crippen LogP contribution in [0.15, 0.2) is 46.9 Å². The average Bonchev–Trinajstić information content (AvgIpc) is 2.97. The predicted molar refractivity (Wildman–Crippen MR) is 93.6 cm³/mol. The average molecular weight is 359 g/mol. The van der Waals surface area contributed by atoms with Gasteiger partial charge in [-0.15, -0.1) is 0 Å². The van der Waals surface area contributed by atoms with E-state index in [1.165, 1.54) is 0 Å². The Labute approximate surface area is 148 Å². The van der Waals surface area contributed by atoms with Crippen LogP contribution in [0.5, 0.6) is 5.75 Å². The molecule has 1 aromatic heterocycles. The molecule has 0 saturated carbocycles. The van der Waals surface area contributed by atoms with E-state index >= 15 is 0 Å². The lowest BCUT2D eigenvalue weighted by molar-refractivity contribution is -0.139. The number of hydrogen-bond acceptors (Lipinski definition) is 4. The largest absolute Gasteiger partial charge is 0.482 e.